The molecule has 1 aliphatic rings. The predicted octanol–water partition coefficient (Wildman–Crippen LogP) is 1.91. The Bertz CT molecular complexity index is 848. The van der Waals surface area contributed by atoms with Gasteiger partial charge in [-0.25, -0.2) is 4.98 Å². The molecule has 1 N–H and O–H groups in total. The molecular weight excluding hydrogens is 362 g/mol. The normalized spacial score (nSPS) is 17.2. The monoisotopic (exact) mass is 387 g/mol. The number of carbonyl (C=O) groups is 2. The zero-order valence-corrected chi connectivity index (χ0v) is 16.4. The lowest BCUT2D eigenvalue weighted by atomic mass is 10.1. The number of aryl methyl sites for hydroxylation is 1. The van der Waals surface area contributed by atoms with E-state index < -0.39 is 12.0 Å². The number of piperazine rings is 1. The van der Waals surface area contributed by atoms with Gasteiger partial charge in [0.05, 0.1) is 31.4 Å². The second-order valence-electron chi connectivity index (χ2n) is 6.51. The van der Waals surface area contributed by atoms with Gasteiger partial charge in [0.25, 0.3) is 0 Å². The molecule has 0 radical (unpaired) electrons. The van der Waals surface area contributed by atoms with Crippen molar-refractivity contribution in [1.29, 1.82) is 0 Å². The maximum absolute atomic E-state index is 12.3. The van der Waals surface area contributed by atoms with Crippen LogP contribution in [0.3, 0.4) is 0 Å². The number of benzene rings is 1. The number of amides is 1. The molecule has 1 aromatic heterocycles. The first-order valence-corrected chi connectivity index (χ1v) is 9.30. The van der Waals surface area contributed by atoms with Gasteiger partial charge >= 0.3 is 5.97 Å². The number of nitrogens with zero attached hydrogens (tertiary/aromatic N) is 2. The summed E-state index contributed by atoms with van der Waals surface area (Å²) in [6.45, 7) is 5.85. The van der Waals surface area contributed by atoms with Crippen LogP contribution in [0.25, 0.3) is 11.5 Å². The minimum Gasteiger partial charge on any atom is -0.493 e. The van der Waals surface area contributed by atoms with E-state index in [1.165, 1.54) is 7.11 Å². The lowest BCUT2D eigenvalue weighted by Gasteiger charge is -2.33. The smallest absolute Gasteiger partial charge is 0.307 e. The van der Waals surface area contributed by atoms with Crippen LogP contribution in [0, 0.1) is 6.92 Å². The fraction of sp³-hybridized carbons (Fsp3) is 0.450. The molecule has 1 amide bonds. The first-order chi connectivity index (χ1) is 13.5. The molecule has 1 aliphatic heterocycles. The molecule has 0 unspecified atom stereocenters. The van der Waals surface area contributed by atoms with E-state index >= 15 is 0 Å². The van der Waals surface area contributed by atoms with Crippen LogP contribution in [0.15, 0.2) is 28.7 Å². The summed E-state index contributed by atoms with van der Waals surface area (Å²) >= 11 is 0. The first-order valence-electron chi connectivity index (χ1n) is 9.30. The Hall–Kier alpha value is -2.87. The Kier molecular flexibility index (Phi) is 6.30. The van der Waals surface area contributed by atoms with Crippen LogP contribution in [0.1, 0.15) is 24.8 Å². The topological polar surface area (TPSA) is 93.9 Å². The third kappa shape index (κ3) is 4.33. The minimum absolute atomic E-state index is 0.000731. The maximum atomic E-state index is 12.3. The number of rotatable bonds is 7. The van der Waals surface area contributed by atoms with Crippen molar-refractivity contribution < 1.29 is 23.5 Å². The summed E-state index contributed by atoms with van der Waals surface area (Å²) in [5.41, 5.74) is 1.51. The molecule has 1 aromatic carbocycles. The summed E-state index contributed by atoms with van der Waals surface area (Å²) in [5.74, 6) is 1.25. The molecule has 2 aromatic rings. The molecule has 1 fully saturated rings. The van der Waals surface area contributed by atoms with Crippen LogP contribution < -0.4 is 10.1 Å². The van der Waals surface area contributed by atoms with E-state index in [0.29, 0.717) is 43.6 Å². The molecule has 2 heterocycles. The number of aromatic nitrogens is 1. The van der Waals surface area contributed by atoms with Crippen LogP contribution >= 0.6 is 0 Å². The van der Waals surface area contributed by atoms with Gasteiger partial charge in [-0.2, -0.15) is 0 Å². The van der Waals surface area contributed by atoms with Crippen LogP contribution in [0.2, 0.25) is 0 Å². The van der Waals surface area contributed by atoms with Crippen molar-refractivity contribution in [3.05, 3.63) is 35.7 Å². The largest absolute Gasteiger partial charge is 0.493 e. The molecule has 150 valence electrons. The average molecular weight is 387 g/mol. The summed E-state index contributed by atoms with van der Waals surface area (Å²) in [6.07, 6.45) is -0.000731. The van der Waals surface area contributed by atoms with Gasteiger partial charge in [0.1, 0.15) is 17.6 Å². The van der Waals surface area contributed by atoms with Crippen molar-refractivity contribution in [2.24, 2.45) is 0 Å². The number of para-hydroxylation sites is 1. The molecule has 1 saturated heterocycles. The number of hydrogen-bond donors (Lipinski definition) is 1. The summed E-state index contributed by atoms with van der Waals surface area (Å²) in [7, 11) is 1.32. The van der Waals surface area contributed by atoms with Crippen LogP contribution in [0.4, 0.5) is 0 Å². The van der Waals surface area contributed by atoms with Gasteiger partial charge in [0.15, 0.2) is 0 Å². The molecule has 0 aliphatic carbocycles. The number of ether oxygens (including phenoxy) is 2. The maximum Gasteiger partial charge on any atom is 0.307 e. The number of hydrogen-bond acceptors (Lipinski definition) is 7. The van der Waals surface area contributed by atoms with Crippen LogP contribution in [-0.2, 0) is 20.9 Å². The predicted molar refractivity (Wildman–Crippen MR) is 102 cm³/mol. The number of nitrogens with one attached hydrogen (secondary N) is 1. The zero-order chi connectivity index (χ0) is 20.1. The highest BCUT2D eigenvalue weighted by molar-refractivity contribution is 5.87. The van der Waals surface area contributed by atoms with Crippen molar-refractivity contribution in [2.75, 3.05) is 26.8 Å². The number of oxazole rings is 1. The van der Waals surface area contributed by atoms with Gasteiger partial charge in [-0.1, -0.05) is 12.1 Å². The first kappa shape index (κ1) is 19.9. The lowest BCUT2D eigenvalue weighted by Crippen LogP contribution is -2.55. The van der Waals surface area contributed by atoms with Gasteiger partial charge in [0, 0.05) is 19.6 Å². The Morgan fingerprint density at radius 3 is 2.93 bits per heavy atom. The van der Waals surface area contributed by atoms with Gasteiger partial charge in [-0.3, -0.25) is 14.5 Å². The van der Waals surface area contributed by atoms with E-state index in [4.69, 9.17) is 13.9 Å². The fourth-order valence-corrected chi connectivity index (χ4v) is 3.22. The van der Waals surface area contributed by atoms with Crippen molar-refractivity contribution in [1.82, 2.24) is 15.2 Å². The van der Waals surface area contributed by atoms with Crippen molar-refractivity contribution in [3.8, 4) is 17.2 Å². The van der Waals surface area contributed by atoms with Crippen molar-refractivity contribution in [2.45, 2.75) is 32.9 Å². The second-order valence-corrected chi connectivity index (χ2v) is 6.51. The number of carbonyl (C=O) groups excluding carboxylic acids is 2. The van der Waals surface area contributed by atoms with Crippen molar-refractivity contribution in [3.63, 3.8) is 0 Å². The minimum atomic E-state index is -0.587. The van der Waals surface area contributed by atoms with Crippen molar-refractivity contribution >= 4 is 11.9 Å². The molecule has 8 nitrogen and oxygen atoms in total. The Morgan fingerprint density at radius 1 is 1.39 bits per heavy atom. The molecule has 8 heteroatoms. The summed E-state index contributed by atoms with van der Waals surface area (Å²) in [4.78, 5) is 30.5. The second kappa shape index (κ2) is 8.88. The Labute approximate surface area is 163 Å². The molecular formula is C20H25N3O5. The molecule has 0 bridgehead atoms. The highest BCUT2D eigenvalue weighted by atomic mass is 16.5. The SMILES string of the molecule is CCOc1ccccc1-c1nc(CN2CCNC(=O)[C@@H]2CC(=O)OC)c(C)o1. The Balaban J connectivity index is 1.83. The fourth-order valence-electron chi connectivity index (χ4n) is 3.22. The van der Waals surface area contributed by atoms with Gasteiger partial charge in [0.2, 0.25) is 11.8 Å². The quantitative estimate of drug-likeness (QED) is 0.725. The highest BCUT2D eigenvalue weighted by Crippen LogP contribution is 2.31. The number of esters is 1. The van der Waals surface area contributed by atoms with E-state index in [1.54, 1.807) is 0 Å². The molecule has 0 saturated carbocycles. The third-order valence-electron chi connectivity index (χ3n) is 4.69. The van der Waals surface area contributed by atoms with E-state index in [2.05, 4.69) is 10.3 Å². The van der Waals surface area contributed by atoms with E-state index in [9.17, 15) is 9.59 Å². The standard InChI is InChI=1S/C20H25N3O5/c1-4-27-17-8-6-5-7-14(17)20-22-15(13(2)28-20)12-23-10-9-21-19(25)16(23)11-18(24)26-3/h5-8,16H,4,9-12H2,1-3H3,(H,21,25)/t16-/m0/s1. The lowest BCUT2D eigenvalue weighted by molar-refractivity contribution is -0.146. The van der Waals surface area contributed by atoms with E-state index in [1.807, 2.05) is 43.0 Å². The highest BCUT2D eigenvalue weighted by Gasteiger charge is 2.33. The molecule has 1 atom stereocenters. The van der Waals surface area contributed by atoms with Crippen LogP contribution in [-0.4, -0.2) is 54.6 Å². The van der Waals surface area contributed by atoms with E-state index in [0.717, 1.165) is 11.3 Å². The molecule has 3 rings (SSSR count). The summed E-state index contributed by atoms with van der Waals surface area (Å²) in [5, 5.41) is 2.80. The van der Waals surface area contributed by atoms with Gasteiger partial charge < -0.3 is 19.2 Å². The summed E-state index contributed by atoms with van der Waals surface area (Å²) < 4.78 is 16.3. The number of methoxy groups -OCH3 is 1. The Morgan fingerprint density at radius 2 is 2.18 bits per heavy atom. The van der Waals surface area contributed by atoms with Gasteiger partial charge in [-0.15, -0.1) is 0 Å². The zero-order valence-electron chi connectivity index (χ0n) is 16.4. The van der Waals surface area contributed by atoms with E-state index in [-0.39, 0.29) is 12.3 Å². The third-order valence-corrected chi connectivity index (χ3v) is 4.69. The summed E-state index contributed by atoms with van der Waals surface area (Å²) in [6, 6.07) is 6.98. The van der Waals surface area contributed by atoms with Gasteiger partial charge in [-0.05, 0) is 26.0 Å². The molecule has 28 heavy (non-hydrogen) atoms. The van der Waals surface area contributed by atoms with Crippen LogP contribution in [0.5, 0.6) is 5.75 Å². The average Bonchev–Trinajstić information content (AvgIpc) is 3.05. The molecule has 0 spiro atoms.